The Morgan fingerprint density at radius 1 is 1.18 bits per heavy atom. The molecule has 154 valence electrons. The summed E-state index contributed by atoms with van der Waals surface area (Å²) in [6.45, 7) is 7.83. The molecule has 1 aromatic carbocycles. The van der Waals surface area contributed by atoms with E-state index in [0.29, 0.717) is 19.7 Å². The first-order chi connectivity index (χ1) is 14.2. The predicted molar refractivity (Wildman–Crippen MR) is 116 cm³/mol. The Labute approximate surface area is 172 Å². The van der Waals surface area contributed by atoms with Crippen LogP contribution in [0.3, 0.4) is 0 Å². The molecule has 0 spiro atoms. The normalized spacial score (nSPS) is 22.5. The average Bonchev–Trinajstić information content (AvgIpc) is 3.05. The molecule has 1 N–H and O–H groups in total. The SMILES string of the molecule is [2H]C1N(C)c2cc(CNCc3cc(COC)nn3C)ccc2N(CC)C([2H])C1(C)C. The lowest BCUT2D eigenvalue weighted by atomic mass is 9.92. The number of hydrogen-bond acceptors (Lipinski definition) is 5. The Kier molecular flexibility index (Phi) is 5.49. The number of rotatable bonds is 7. The number of nitrogens with zero attached hydrogens (tertiary/aromatic N) is 4. The van der Waals surface area contributed by atoms with Gasteiger partial charge >= 0.3 is 0 Å². The molecule has 3 rings (SSSR count). The monoisotopic (exact) mass is 387 g/mol. The van der Waals surface area contributed by atoms with Gasteiger partial charge in [-0.25, -0.2) is 0 Å². The van der Waals surface area contributed by atoms with Crippen LogP contribution in [0.4, 0.5) is 11.4 Å². The molecular formula is C22H35N5O. The van der Waals surface area contributed by atoms with E-state index in [2.05, 4.69) is 46.5 Å². The maximum atomic E-state index is 8.78. The molecule has 6 heteroatoms. The lowest BCUT2D eigenvalue weighted by Gasteiger charge is -2.30. The van der Waals surface area contributed by atoms with Gasteiger partial charge in [-0.15, -0.1) is 0 Å². The summed E-state index contributed by atoms with van der Waals surface area (Å²) in [5.74, 6) is 0. The summed E-state index contributed by atoms with van der Waals surface area (Å²) in [4.78, 5) is 4.11. The zero-order chi connectivity index (χ0) is 22.1. The number of anilines is 2. The molecule has 0 aliphatic carbocycles. The van der Waals surface area contributed by atoms with Crippen LogP contribution in [0.25, 0.3) is 0 Å². The third-order valence-corrected chi connectivity index (χ3v) is 5.04. The molecule has 2 aromatic rings. The van der Waals surface area contributed by atoms with E-state index in [-0.39, 0.29) is 0 Å². The van der Waals surface area contributed by atoms with Crippen molar-refractivity contribution in [3.63, 3.8) is 0 Å². The summed E-state index contributed by atoms with van der Waals surface area (Å²) in [5, 5.41) is 7.95. The van der Waals surface area contributed by atoms with Crippen LogP contribution >= 0.6 is 0 Å². The molecule has 0 saturated heterocycles. The second-order valence-corrected chi connectivity index (χ2v) is 8.09. The molecule has 2 atom stereocenters. The van der Waals surface area contributed by atoms with Crippen LogP contribution in [-0.2, 0) is 31.5 Å². The summed E-state index contributed by atoms with van der Waals surface area (Å²) in [5.41, 5.74) is 4.75. The lowest BCUT2D eigenvalue weighted by molar-refractivity contribution is 0.181. The van der Waals surface area contributed by atoms with Gasteiger partial charge in [0, 0.05) is 56.6 Å². The highest BCUT2D eigenvalue weighted by Gasteiger charge is 2.29. The Balaban J connectivity index is 1.78. The van der Waals surface area contributed by atoms with E-state index in [9.17, 15) is 0 Å². The van der Waals surface area contributed by atoms with Gasteiger partial charge in [-0.2, -0.15) is 5.10 Å². The molecule has 0 radical (unpaired) electrons. The molecule has 2 unspecified atom stereocenters. The summed E-state index contributed by atoms with van der Waals surface area (Å²) in [7, 11) is 5.58. The van der Waals surface area contributed by atoms with Crippen LogP contribution in [0.5, 0.6) is 0 Å². The van der Waals surface area contributed by atoms with E-state index < -0.39 is 18.5 Å². The number of fused-ring (bicyclic) bond motifs is 1. The first-order valence-electron chi connectivity index (χ1n) is 11.0. The van der Waals surface area contributed by atoms with E-state index in [1.807, 2.05) is 37.5 Å². The maximum Gasteiger partial charge on any atom is 0.0902 e. The number of methoxy groups -OCH3 is 1. The van der Waals surface area contributed by atoms with Crippen molar-refractivity contribution in [2.45, 2.75) is 40.5 Å². The van der Waals surface area contributed by atoms with Crippen molar-refractivity contribution in [1.29, 1.82) is 0 Å². The van der Waals surface area contributed by atoms with Gasteiger partial charge in [-0.05, 0) is 36.1 Å². The van der Waals surface area contributed by atoms with Crippen molar-refractivity contribution in [3.8, 4) is 0 Å². The van der Waals surface area contributed by atoms with Crippen LogP contribution in [0.1, 0.15) is 40.5 Å². The number of aromatic nitrogens is 2. The zero-order valence-corrected chi connectivity index (χ0v) is 18.0. The fourth-order valence-corrected chi connectivity index (χ4v) is 3.83. The van der Waals surface area contributed by atoms with Crippen molar-refractivity contribution in [3.05, 3.63) is 41.2 Å². The van der Waals surface area contributed by atoms with Crippen LogP contribution in [-0.4, -0.2) is 43.5 Å². The van der Waals surface area contributed by atoms with Gasteiger partial charge in [0.15, 0.2) is 0 Å². The average molecular weight is 388 g/mol. The summed E-state index contributed by atoms with van der Waals surface area (Å²) < 4.78 is 24.6. The van der Waals surface area contributed by atoms with Gasteiger partial charge in [0.2, 0.25) is 0 Å². The summed E-state index contributed by atoms with van der Waals surface area (Å²) >= 11 is 0. The van der Waals surface area contributed by atoms with E-state index in [1.165, 1.54) is 0 Å². The van der Waals surface area contributed by atoms with E-state index >= 15 is 0 Å². The van der Waals surface area contributed by atoms with E-state index in [1.54, 1.807) is 7.11 Å². The van der Waals surface area contributed by atoms with Gasteiger partial charge in [0.05, 0.1) is 29.4 Å². The van der Waals surface area contributed by atoms with Gasteiger partial charge in [0.1, 0.15) is 0 Å². The third-order valence-electron chi connectivity index (χ3n) is 5.04. The molecule has 0 saturated carbocycles. The highest BCUT2D eigenvalue weighted by atomic mass is 16.5. The first kappa shape index (κ1) is 18.0. The minimum Gasteiger partial charge on any atom is -0.378 e. The van der Waals surface area contributed by atoms with Crippen LogP contribution in [0.15, 0.2) is 24.3 Å². The number of ether oxygens (including phenoxy) is 1. The Hall–Kier alpha value is -2.05. The number of nitrogens with one attached hydrogen (secondary N) is 1. The lowest BCUT2D eigenvalue weighted by Crippen LogP contribution is -2.37. The Morgan fingerprint density at radius 3 is 2.68 bits per heavy atom. The molecule has 2 heterocycles. The largest absolute Gasteiger partial charge is 0.378 e. The van der Waals surface area contributed by atoms with Crippen molar-refractivity contribution < 1.29 is 7.48 Å². The smallest absolute Gasteiger partial charge is 0.0902 e. The Morgan fingerprint density at radius 2 is 1.96 bits per heavy atom. The minimum absolute atomic E-state index is 0.469. The third kappa shape index (κ3) is 4.67. The molecule has 1 aromatic heterocycles. The highest BCUT2D eigenvalue weighted by Crippen LogP contribution is 2.37. The van der Waals surface area contributed by atoms with Gasteiger partial charge < -0.3 is 19.9 Å². The summed E-state index contributed by atoms with van der Waals surface area (Å²) in [6.07, 6.45) is 0. The molecule has 28 heavy (non-hydrogen) atoms. The van der Waals surface area contributed by atoms with Crippen LogP contribution in [0, 0.1) is 5.41 Å². The molecule has 1 aliphatic rings. The van der Waals surface area contributed by atoms with Crippen LogP contribution in [0.2, 0.25) is 0 Å². The number of hydrogen-bond donors (Lipinski definition) is 1. The molecule has 0 amide bonds. The number of aryl methyl sites for hydroxylation is 1. The van der Waals surface area contributed by atoms with Gasteiger partial charge in [-0.3, -0.25) is 4.68 Å². The summed E-state index contributed by atoms with van der Waals surface area (Å²) in [6, 6.07) is 8.43. The highest BCUT2D eigenvalue weighted by molar-refractivity contribution is 5.73. The predicted octanol–water partition coefficient (Wildman–Crippen LogP) is 3.16. The molecule has 1 aliphatic heterocycles. The van der Waals surface area contributed by atoms with Crippen molar-refractivity contribution >= 4 is 11.4 Å². The fourth-order valence-electron chi connectivity index (χ4n) is 3.83. The zero-order valence-electron chi connectivity index (χ0n) is 20.0. The van der Waals surface area contributed by atoms with Crippen molar-refractivity contribution in [2.75, 3.05) is 43.5 Å². The molecule has 0 bridgehead atoms. The van der Waals surface area contributed by atoms with E-state index in [4.69, 9.17) is 7.48 Å². The van der Waals surface area contributed by atoms with Crippen molar-refractivity contribution in [2.24, 2.45) is 12.5 Å². The van der Waals surface area contributed by atoms with Gasteiger partial charge in [-0.1, -0.05) is 19.9 Å². The standard InChI is InChI=1S/C22H35N5O/c1-7-27-16-22(2,3)15-25(4)21-10-17(8-9-20(21)27)12-23-13-19-11-18(14-28-6)24-26(19)5/h8-11,23H,7,12-16H2,1-6H3/i15D,16D. The Bertz CT molecular complexity index is 869. The second-order valence-electron chi connectivity index (χ2n) is 8.09. The van der Waals surface area contributed by atoms with E-state index in [0.717, 1.165) is 34.9 Å². The number of benzene rings is 1. The molecule has 6 nitrogen and oxygen atoms in total. The first-order valence-corrected chi connectivity index (χ1v) is 9.89. The van der Waals surface area contributed by atoms with Gasteiger partial charge in [0.25, 0.3) is 0 Å². The van der Waals surface area contributed by atoms with Crippen LogP contribution < -0.4 is 15.1 Å². The second kappa shape index (κ2) is 8.53. The minimum atomic E-state index is -0.493. The molecule has 0 fully saturated rings. The maximum absolute atomic E-state index is 8.78. The topological polar surface area (TPSA) is 45.6 Å². The quantitative estimate of drug-likeness (QED) is 0.791. The fraction of sp³-hybridized carbons (Fsp3) is 0.591. The molecular weight excluding hydrogens is 350 g/mol. The van der Waals surface area contributed by atoms with Crippen molar-refractivity contribution in [1.82, 2.24) is 15.1 Å².